The number of hydrogen-bond acceptors (Lipinski definition) is 5. The molecule has 0 bridgehead atoms. The van der Waals surface area contributed by atoms with Gasteiger partial charge in [0.2, 0.25) is 0 Å². The lowest BCUT2D eigenvalue weighted by Crippen LogP contribution is -2.45. The van der Waals surface area contributed by atoms with Crippen molar-refractivity contribution < 1.29 is 19.1 Å². The Hall–Kier alpha value is -2.13. The fourth-order valence-electron chi connectivity index (χ4n) is 3.58. The van der Waals surface area contributed by atoms with E-state index < -0.39 is 5.97 Å². The zero-order chi connectivity index (χ0) is 21.5. The second-order valence-corrected chi connectivity index (χ2v) is 9.89. The smallest absolute Gasteiger partial charge is 0.323 e. The highest BCUT2D eigenvalue weighted by atomic mass is 32.2. The van der Waals surface area contributed by atoms with Gasteiger partial charge in [0.15, 0.2) is 5.13 Å². The predicted molar refractivity (Wildman–Crippen MR) is 118 cm³/mol. The minimum atomic E-state index is -0.891. The molecule has 2 aromatic rings. The van der Waals surface area contributed by atoms with E-state index in [4.69, 9.17) is 5.11 Å². The molecule has 1 aromatic heterocycles. The molecule has 2 N–H and O–H groups in total. The number of carbonyl (C=O) groups excluding carboxylic acids is 1. The predicted octanol–water partition coefficient (Wildman–Crippen LogP) is 5.11. The monoisotopic (exact) mass is 451 g/mol. The second-order valence-electron chi connectivity index (χ2n) is 7.58. The van der Waals surface area contributed by atoms with Crippen LogP contribution >= 0.6 is 23.1 Å². The van der Waals surface area contributed by atoms with Gasteiger partial charge >= 0.3 is 12.0 Å². The molecule has 1 aliphatic rings. The molecule has 0 saturated heterocycles. The first kappa shape index (κ1) is 22.6. The Kier molecular flexibility index (Phi) is 8.09. The Morgan fingerprint density at radius 2 is 1.97 bits per heavy atom. The van der Waals surface area contributed by atoms with Crippen molar-refractivity contribution in [1.29, 1.82) is 0 Å². The van der Waals surface area contributed by atoms with Crippen molar-refractivity contribution in [2.24, 2.45) is 5.92 Å². The Balaban J connectivity index is 1.64. The Bertz CT molecular complexity index is 851. The van der Waals surface area contributed by atoms with E-state index >= 15 is 0 Å². The molecule has 0 atom stereocenters. The molecule has 30 heavy (non-hydrogen) atoms. The third-order valence-corrected chi connectivity index (χ3v) is 7.37. The molecule has 1 aliphatic carbocycles. The molecular weight excluding hydrogens is 425 g/mol. The second kappa shape index (κ2) is 10.8. The van der Waals surface area contributed by atoms with Gasteiger partial charge in [0.05, 0.1) is 16.2 Å². The van der Waals surface area contributed by atoms with E-state index in [-0.39, 0.29) is 23.6 Å². The van der Waals surface area contributed by atoms with Crippen molar-refractivity contribution in [2.45, 2.75) is 49.3 Å². The highest BCUT2D eigenvalue weighted by Crippen LogP contribution is 2.30. The maximum absolute atomic E-state index is 13.2. The summed E-state index contributed by atoms with van der Waals surface area (Å²) < 4.78 is 13.9. The van der Waals surface area contributed by atoms with Crippen LogP contribution in [0.4, 0.5) is 14.3 Å². The van der Waals surface area contributed by atoms with Gasteiger partial charge in [0.25, 0.3) is 0 Å². The summed E-state index contributed by atoms with van der Waals surface area (Å²) in [6.07, 6.45) is 6.36. The number of thiazole rings is 1. The number of anilines is 1. The largest absolute Gasteiger partial charge is 0.481 e. The number of rotatable bonds is 8. The summed E-state index contributed by atoms with van der Waals surface area (Å²) in [5.74, 6) is -0.525. The third-order valence-electron chi connectivity index (χ3n) is 5.28. The summed E-state index contributed by atoms with van der Waals surface area (Å²) in [5.41, 5.74) is 0.986. The summed E-state index contributed by atoms with van der Waals surface area (Å²) >= 11 is 2.45. The lowest BCUT2D eigenvalue weighted by atomic mass is 9.86. The quantitative estimate of drug-likeness (QED) is 0.545. The molecule has 0 aliphatic heterocycles. The van der Waals surface area contributed by atoms with Crippen LogP contribution in [0.5, 0.6) is 0 Å². The number of urea groups is 1. The zero-order valence-electron chi connectivity index (χ0n) is 16.8. The van der Waals surface area contributed by atoms with Crippen LogP contribution in [0, 0.1) is 11.7 Å². The van der Waals surface area contributed by atoms with E-state index in [0.717, 1.165) is 35.5 Å². The molecule has 6 nitrogen and oxygen atoms in total. The SMILES string of the molecule is CC1CCC(N(CCc2ccc(F)cc2)C(=O)Nc2ncc(SCC(=O)O)s2)CC1. The van der Waals surface area contributed by atoms with E-state index in [1.165, 1.54) is 35.2 Å². The molecule has 0 radical (unpaired) electrons. The molecular formula is C21H26FN3O3S2. The first-order valence-corrected chi connectivity index (χ1v) is 11.8. The van der Waals surface area contributed by atoms with Crippen LogP contribution in [0.25, 0.3) is 0 Å². The van der Waals surface area contributed by atoms with Crippen LogP contribution in [0.2, 0.25) is 0 Å². The molecule has 1 heterocycles. The van der Waals surface area contributed by atoms with E-state index in [1.54, 1.807) is 18.3 Å². The van der Waals surface area contributed by atoms with E-state index in [1.807, 2.05) is 4.90 Å². The number of aromatic nitrogens is 1. The lowest BCUT2D eigenvalue weighted by molar-refractivity contribution is -0.133. The van der Waals surface area contributed by atoms with Crippen LogP contribution in [0.15, 0.2) is 34.7 Å². The van der Waals surface area contributed by atoms with Gasteiger partial charge in [-0.2, -0.15) is 0 Å². The number of carbonyl (C=O) groups is 2. The van der Waals surface area contributed by atoms with E-state index in [9.17, 15) is 14.0 Å². The summed E-state index contributed by atoms with van der Waals surface area (Å²) in [7, 11) is 0. The summed E-state index contributed by atoms with van der Waals surface area (Å²) in [5, 5.41) is 12.1. The molecule has 9 heteroatoms. The van der Waals surface area contributed by atoms with Gasteiger partial charge in [-0.05, 0) is 55.7 Å². The number of nitrogens with one attached hydrogen (secondary N) is 1. The number of aliphatic carboxylic acids is 1. The fraction of sp³-hybridized carbons (Fsp3) is 0.476. The maximum Gasteiger partial charge on any atom is 0.323 e. The number of benzene rings is 1. The molecule has 162 valence electrons. The summed E-state index contributed by atoms with van der Waals surface area (Å²) in [4.78, 5) is 29.9. The summed E-state index contributed by atoms with van der Waals surface area (Å²) in [6, 6.07) is 6.35. The van der Waals surface area contributed by atoms with E-state index in [2.05, 4.69) is 17.2 Å². The Labute approximate surface area is 183 Å². The molecule has 1 aromatic carbocycles. The Morgan fingerprint density at radius 1 is 1.27 bits per heavy atom. The van der Waals surface area contributed by atoms with Gasteiger partial charge in [0, 0.05) is 12.6 Å². The minimum Gasteiger partial charge on any atom is -0.481 e. The van der Waals surface area contributed by atoms with Crippen LogP contribution in [0.3, 0.4) is 0 Å². The van der Waals surface area contributed by atoms with Gasteiger partial charge in [-0.25, -0.2) is 14.2 Å². The van der Waals surface area contributed by atoms with Crippen LogP contribution < -0.4 is 5.32 Å². The van der Waals surface area contributed by atoms with Gasteiger partial charge in [-0.3, -0.25) is 10.1 Å². The summed E-state index contributed by atoms with van der Waals surface area (Å²) in [6.45, 7) is 2.79. The number of nitrogens with zero attached hydrogens (tertiary/aromatic N) is 2. The fourth-order valence-corrected chi connectivity index (χ4v) is 5.17. The highest BCUT2D eigenvalue weighted by molar-refractivity contribution is 8.01. The highest BCUT2D eigenvalue weighted by Gasteiger charge is 2.28. The van der Waals surface area contributed by atoms with Crippen molar-refractivity contribution in [3.63, 3.8) is 0 Å². The van der Waals surface area contributed by atoms with Crippen molar-refractivity contribution in [2.75, 3.05) is 17.6 Å². The standard InChI is InChI=1S/C21H26FN3O3S2/c1-14-2-8-17(9-3-14)25(11-10-15-4-6-16(22)7-5-15)21(28)24-20-23-12-19(30-20)29-13-18(26)27/h4-7,12,14,17H,2-3,8-11,13H2,1H3,(H,26,27)(H,23,24,28). The number of carboxylic acid groups (broad SMARTS) is 1. The number of hydrogen-bond donors (Lipinski definition) is 2. The molecule has 0 unspecified atom stereocenters. The van der Waals surface area contributed by atoms with Crippen molar-refractivity contribution in [1.82, 2.24) is 9.88 Å². The van der Waals surface area contributed by atoms with Gasteiger partial charge in [-0.1, -0.05) is 30.4 Å². The molecule has 0 spiro atoms. The first-order chi connectivity index (χ1) is 14.4. The average Bonchev–Trinajstić information content (AvgIpc) is 3.16. The van der Waals surface area contributed by atoms with Crippen LogP contribution in [-0.4, -0.2) is 45.3 Å². The number of thioether (sulfide) groups is 1. The zero-order valence-corrected chi connectivity index (χ0v) is 18.5. The van der Waals surface area contributed by atoms with Crippen LogP contribution in [0.1, 0.15) is 38.2 Å². The first-order valence-electron chi connectivity index (χ1n) is 10.0. The molecule has 1 fully saturated rings. The third kappa shape index (κ3) is 6.70. The minimum absolute atomic E-state index is 0.0420. The molecule has 2 amide bonds. The normalized spacial score (nSPS) is 18.7. The number of halogens is 1. The van der Waals surface area contributed by atoms with Gasteiger partial charge in [-0.15, -0.1) is 11.8 Å². The lowest BCUT2D eigenvalue weighted by Gasteiger charge is -2.36. The number of carboxylic acids is 1. The number of amides is 2. The van der Waals surface area contributed by atoms with Crippen molar-refractivity contribution in [3.05, 3.63) is 41.8 Å². The molecule has 3 rings (SSSR count). The topological polar surface area (TPSA) is 82.5 Å². The molecule has 1 saturated carbocycles. The van der Waals surface area contributed by atoms with Crippen LogP contribution in [-0.2, 0) is 11.2 Å². The van der Waals surface area contributed by atoms with Crippen molar-refractivity contribution >= 4 is 40.2 Å². The maximum atomic E-state index is 13.2. The van der Waals surface area contributed by atoms with E-state index in [0.29, 0.717) is 24.0 Å². The van der Waals surface area contributed by atoms with Gasteiger partial charge in [0.1, 0.15) is 5.82 Å². The van der Waals surface area contributed by atoms with Gasteiger partial charge < -0.3 is 10.0 Å². The van der Waals surface area contributed by atoms with Crippen molar-refractivity contribution in [3.8, 4) is 0 Å². The average molecular weight is 452 g/mol. The Morgan fingerprint density at radius 3 is 2.63 bits per heavy atom.